The lowest BCUT2D eigenvalue weighted by Gasteiger charge is -2.12. The highest BCUT2D eigenvalue weighted by molar-refractivity contribution is 7.92. The van der Waals surface area contributed by atoms with Gasteiger partial charge in [-0.3, -0.25) is 14.6 Å². The van der Waals surface area contributed by atoms with Crippen molar-refractivity contribution < 1.29 is 17.6 Å². The van der Waals surface area contributed by atoms with E-state index in [9.17, 15) is 17.6 Å². The van der Waals surface area contributed by atoms with Gasteiger partial charge in [0.2, 0.25) is 0 Å². The Morgan fingerprint density at radius 1 is 1.03 bits per heavy atom. The first-order valence-corrected chi connectivity index (χ1v) is 12.3. The Morgan fingerprint density at radius 3 is 2.51 bits per heavy atom. The van der Waals surface area contributed by atoms with Gasteiger partial charge in [-0.15, -0.1) is 0 Å². The van der Waals surface area contributed by atoms with Crippen LogP contribution >= 0.6 is 0 Å². The number of H-pyrrole nitrogens is 1. The quantitative estimate of drug-likeness (QED) is 0.331. The van der Waals surface area contributed by atoms with Crippen LogP contribution in [0.1, 0.15) is 41.5 Å². The number of aromatic nitrogens is 3. The van der Waals surface area contributed by atoms with E-state index < -0.39 is 21.7 Å². The molecule has 0 aliphatic carbocycles. The molecule has 0 aliphatic rings. The average Bonchev–Trinajstić information content (AvgIpc) is 3.31. The number of nitrogens with one attached hydrogen (secondary N) is 3. The third-order valence-corrected chi connectivity index (χ3v) is 6.68. The molecule has 0 spiro atoms. The van der Waals surface area contributed by atoms with Crippen LogP contribution in [0.15, 0.2) is 71.6 Å². The van der Waals surface area contributed by atoms with Gasteiger partial charge in [-0.25, -0.2) is 17.8 Å². The predicted molar refractivity (Wildman–Crippen MR) is 132 cm³/mol. The Balaban J connectivity index is 1.56. The minimum Gasteiger partial charge on any atom is -0.321 e. The van der Waals surface area contributed by atoms with E-state index in [4.69, 9.17) is 0 Å². The van der Waals surface area contributed by atoms with Gasteiger partial charge in [-0.1, -0.05) is 38.1 Å². The number of carbonyl (C=O) groups is 1. The molecule has 0 unspecified atom stereocenters. The van der Waals surface area contributed by atoms with E-state index in [2.05, 4.69) is 25.2 Å². The maximum Gasteiger partial charge on any atom is 0.261 e. The minimum atomic E-state index is -4.04. The number of aromatic amines is 1. The van der Waals surface area contributed by atoms with Crippen molar-refractivity contribution in [3.63, 3.8) is 0 Å². The summed E-state index contributed by atoms with van der Waals surface area (Å²) in [5.41, 5.74) is 1.89. The third-order valence-electron chi connectivity index (χ3n) is 5.30. The second-order valence-corrected chi connectivity index (χ2v) is 9.98. The summed E-state index contributed by atoms with van der Waals surface area (Å²) in [7, 11) is -4.04. The molecule has 35 heavy (non-hydrogen) atoms. The highest BCUT2D eigenvalue weighted by Gasteiger charge is 2.18. The fourth-order valence-electron chi connectivity index (χ4n) is 3.31. The van der Waals surface area contributed by atoms with Gasteiger partial charge in [-0.05, 0) is 55.0 Å². The van der Waals surface area contributed by atoms with Gasteiger partial charge < -0.3 is 5.32 Å². The zero-order valence-corrected chi connectivity index (χ0v) is 20.2. The normalized spacial score (nSPS) is 11.5. The summed E-state index contributed by atoms with van der Waals surface area (Å²) in [6.45, 7) is 5.54. The van der Waals surface area contributed by atoms with Gasteiger partial charge in [0.15, 0.2) is 5.82 Å². The van der Waals surface area contributed by atoms with E-state index in [1.165, 1.54) is 24.3 Å². The maximum absolute atomic E-state index is 13.9. The molecule has 0 saturated heterocycles. The SMILES string of the molecule is Cc1ccc(S(=O)(=O)Nc2cccc(C(=O)Nc3ccccc3-c3n[nH]c(C(C)C)n3)c2)cc1F. The van der Waals surface area contributed by atoms with Gasteiger partial charge in [0, 0.05) is 22.7 Å². The molecule has 0 aliphatic heterocycles. The molecule has 10 heteroatoms. The van der Waals surface area contributed by atoms with Crippen molar-refractivity contribution in [3.8, 4) is 11.4 Å². The summed E-state index contributed by atoms with van der Waals surface area (Å²) >= 11 is 0. The number of carbonyl (C=O) groups excluding carboxylic acids is 1. The fourth-order valence-corrected chi connectivity index (χ4v) is 4.37. The van der Waals surface area contributed by atoms with Crippen LogP contribution in [0.25, 0.3) is 11.4 Å². The highest BCUT2D eigenvalue weighted by Crippen LogP contribution is 2.27. The van der Waals surface area contributed by atoms with Gasteiger partial charge in [0.05, 0.1) is 10.6 Å². The third kappa shape index (κ3) is 5.38. The van der Waals surface area contributed by atoms with Crippen LogP contribution in [0.3, 0.4) is 0 Å². The van der Waals surface area contributed by atoms with E-state index in [-0.39, 0.29) is 22.1 Å². The number of nitrogens with zero attached hydrogens (tertiary/aromatic N) is 2. The molecule has 0 atom stereocenters. The molecule has 180 valence electrons. The highest BCUT2D eigenvalue weighted by atomic mass is 32.2. The van der Waals surface area contributed by atoms with Gasteiger partial charge in [-0.2, -0.15) is 5.10 Å². The molecule has 1 heterocycles. The van der Waals surface area contributed by atoms with Crippen LogP contribution in [0, 0.1) is 12.7 Å². The van der Waals surface area contributed by atoms with Crippen molar-refractivity contribution in [2.75, 3.05) is 10.0 Å². The minimum absolute atomic E-state index is 0.168. The molecule has 4 aromatic rings. The number of hydrogen-bond donors (Lipinski definition) is 3. The van der Waals surface area contributed by atoms with Crippen LogP contribution in [0.2, 0.25) is 0 Å². The molecule has 1 aromatic heterocycles. The number of amides is 1. The number of anilines is 2. The monoisotopic (exact) mass is 493 g/mol. The number of aryl methyl sites for hydroxylation is 1. The molecule has 1 amide bonds. The molecule has 8 nitrogen and oxygen atoms in total. The number of hydrogen-bond acceptors (Lipinski definition) is 5. The lowest BCUT2D eigenvalue weighted by molar-refractivity contribution is 0.102. The first-order chi connectivity index (χ1) is 16.6. The number of rotatable bonds is 7. The molecular formula is C25H24FN5O3S. The Bertz CT molecular complexity index is 1500. The molecular weight excluding hydrogens is 469 g/mol. The van der Waals surface area contributed by atoms with Crippen molar-refractivity contribution >= 4 is 27.3 Å². The zero-order chi connectivity index (χ0) is 25.2. The summed E-state index contributed by atoms with van der Waals surface area (Å²) < 4.78 is 41.6. The summed E-state index contributed by atoms with van der Waals surface area (Å²) in [4.78, 5) is 17.3. The van der Waals surface area contributed by atoms with E-state index in [1.807, 2.05) is 19.9 Å². The first-order valence-electron chi connectivity index (χ1n) is 10.9. The number of halogens is 1. The molecule has 3 N–H and O–H groups in total. The van der Waals surface area contributed by atoms with Crippen LogP contribution in [0.4, 0.5) is 15.8 Å². The largest absolute Gasteiger partial charge is 0.321 e. The van der Waals surface area contributed by atoms with Crippen molar-refractivity contribution in [2.45, 2.75) is 31.6 Å². The van der Waals surface area contributed by atoms with Gasteiger partial charge in [0.25, 0.3) is 15.9 Å². The van der Waals surface area contributed by atoms with E-state index in [0.29, 0.717) is 22.6 Å². The second-order valence-electron chi connectivity index (χ2n) is 8.30. The maximum atomic E-state index is 13.9. The van der Waals surface area contributed by atoms with E-state index >= 15 is 0 Å². The average molecular weight is 494 g/mol. The van der Waals surface area contributed by atoms with Crippen LogP contribution in [0.5, 0.6) is 0 Å². The standard InChI is InChI=1S/C25H24FN5O3S/c1-15(2)23-28-24(30-29-23)20-9-4-5-10-22(20)27-25(32)17-7-6-8-18(13-17)31-35(33,34)19-12-11-16(3)21(26)14-19/h4-15,31H,1-3H3,(H,27,32)(H,28,29,30). The van der Waals surface area contributed by atoms with Crippen molar-refractivity contribution in [3.05, 3.63) is 89.5 Å². The predicted octanol–water partition coefficient (Wildman–Crippen LogP) is 5.10. The lowest BCUT2D eigenvalue weighted by atomic mass is 10.1. The topological polar surface area (TPSA) is 117 Å². The van der Waals surface area contributed by atoms with Gasteiger partial charge in [0.1, 0.15) is 11.6 Å². The summed E-state index contributed by atoms with van der Waals surface area (Å²) in [6, 6.07) is 16.8. The summed E-state index contributed by atoms with van der Waals surface area (Å²) in [6.07, 6.45) is 0. The molecule has 0 radical (unpaired) electrons. The van der Waals surface area contributed by atoms with E-state index in [0.717, 1.165) is 11.9 Å². The smallest absolute Gasteiger partial charge is 0.261 e. The molecule has 0 saturated carbocycles. The molecule has 4 rings (SSSR count). The number of benzene rings is 3. The van der Waals surface area contributed by atoms with Crippen molar-refractivity contribution in [1.82, 2.24) is 15.2 Å². The van der Waals surface area contributed by atoms with Crippen molar-refractivity contribution in [2.24, 2.45) is 0 Å². The Hall–Kier alpha value is -4.05. The molecule has 0 fully saturated rings. The number of sulfonamides is 1. The van der Waals surface area contributed by atoms with Crippen LogP contribution < -0.4 is 10.0 Å². The molecule has 3 aromatic carbocycles. The van der Waals surface area contributed by atoms with E-state index in [1.54, 1.807) is 37.3 Å². The zero-order valence-electron chi connectivity index (χ0n) is 19.3. The van der Waals surface area contributed by atoms with Crippen molar-refractivity contribution in [1.29, 1.82) is 0 Å². The molecule has 0 bridgehead atoms. The Morgan fingerprint density at radius 2 is 1.80 bits per heavy atom. The number of para-hydroxylation sites is 1. The first kappa shape index (κ1) is 24.1. The van der Waals surface area contributed by atoms with Crippen LogP contribution in [-0.2, 0) is 10.0 Å². The van der Waals surface area contributed by atoms with Gasteiger partial charge >= 0.3 is 0 Å². The Labute approximate surface area is 202 Å². The summed E-state index contributed by atoms with van der Waals surface area (Å²) in [5.74, 6) is 0.290. The summed E-state index contributed by atoms with van der Waals surface area (Å²) in [5, 5.41) is 9.99. The second kappa shape index (κ2) is 9.67. The fraction of sp³-hybridized carbons (Fsp3) is 0.160. The van der Waals surface area contributed by atoms with Crippen LogP contribution in [-0.4, -0.2) is 29.5 Å². The lowest BCUT2D eigenvalue weighted by Crippen LogP contribution is -2.15. The Kier molecular flexibility index (Phi) is 6.65.